The van der Waals surface area contributed by atoms with Crippen LogP contribution in [0, 0.1) is 12.7 Å². The Morgan fingerprint density at radius 3 is 2.93 bits per heavy atom. The summed E-state index contributed by atoms with van der Waals surface area (Å²) in [4.78, 5) is 4.16. The lowest BCUT2D eigenvalue weighted by Gasteiger charge is -2.06. The standard InChI is InChI=1S/C10H6BrClFN/c1-5-4-7(13)9(11)8-6(12)2-3-14-10(5)8/h2-4H,1H3. The van der Waals surface area contributed by atoms with Crippen LogP contribution in [0.15, 0.2) is 22.8 Å². The number of nitrogens with zero attached hydrogens (tertiary/aromatic N) is 1. The van der Waals surface area contributed by atoms with Crippen LogP contribution in [-0.2, 0) is 0 Å². The number of aryl methyl sites for hydroxylation is 1. The summed E-state index contributed by atoms with van der Waals surface area (Å²) < 4.78 is 13.7. The maximum Gasteiger partial charge on any atom is 0.138 e. The number of pyridine rings is 1. The zero-order valence-electron chi connectivity index (χ0n) is 7.31. The minimum atomic E-state index is -0.315. The number of benzene rings is 1. The van der Waals surface area contributed by atoms with Gasteiger partial charge in [0.25, 0.3) is 0 Å². The highest BCUT2D eigenvalue weighted by atomic mass is 79.9. The van der Waals surface area contributed by atoms with Crippen LogP contribution in [0.4, 0.5) is 4.39 Å². The molecule has 2 aromatic rings. The third kappa shape index (κ3) is 1.41. The molecule has 0 radical (unpaired) electrons. The molecule has 0 saturated carbocycles. The summed E-state index contributed by atoms with van der Waals surface area (Å²) >= 11 is 9.14. The molecule has 0 aliphatic rings. The molecule has 0 atom stereocenters. The van der Waals surface area contributed by atoms with Crippen molar-refractivity contribution in [2.24, 2.45) is 0 Å². The van der Waals surface area contributed by atoms with Crippen molar-refractivity contribution in [3.63, 3.8) is 0 Å². The molecule has 0 N–H and O–H groups in total. The Morgan fingerprint density at radius 1 is 1.50 bits per heavy atom. The summed E-state index contributed by atoms with van der Waals surface area (Å²) in [7, 11) is 0. The van der Waals surface area contributed by atoms with E-state index in [9.17, 15) is 4.39 Å². The topological polar surface area (TPSA) is 12.9 Å². The molecule has 0 saturated heterocycles. The number of hydrogen-bond donors (Lipinski definition) is 0. The van der Waals surface area contributed by atoms with E-state index in [4.69, 9.17) is 11.6 Å². The van der Waals surface area contributed by atoms with E-state index in [1.165, 1.54) is 6.07 Å². The van der Waals surface area contributed by atoms with Crippen molar-refractivity contribution in [3.05, 3.63) is 39.2 Å². The van der Waals surface area contributed by atoms with Gasteiger partial charge in [-0.1, -0.05) is 11.6 Å². The first-order valence-corrected chi connectivity index (χ1v) is 5.17. The van der Waals surface area contributed by atoms with E-state index in [1.807, 2.05) is 0 Å². The summed E-state index contributed by atoms with van der Waals surface area (Å²) in [5.74, 6) is -0.315. The zero-order chi connectivity index (χ0) is 10.3. The van der Waals surface area contributed by atoms with Crippen molar-refractivity contribution < 1.29 is 4.39 Å². The van der Waals surface area contributed by atoms with Gasteiger partial charge < -0.3 is 0 Å². The molecular weight excluding hydrogens is 268 g/mol. The number of hydrogen-bond acceptors (Lipinski definition) is 1. The molecule has 0 fully saturated rings. The molecular formula is C10H6BrClFN. The highest BCUT2D eigenvalue weighted by Crippen LogP contribution is 2.33. The summed E-state index contributed by atoms with van der Waals surface area (Å²) in [6.07, 6.45) is 1.61. The van der Waals surface area contributed by atoms with Gasteiger partial charge in [-0.3, -0.25) is 4.98 Å². The Kier molecular flexibility index (Phi) is 2.45. The van der Waals surface area contributed by atoms with Gasteiger partial charge in [0.05, 0.1) is 15.0 Å². The Bertz CT molecular complexity index is 513. The molecule has 1 heterocycles. The van der Waals surface area contributed by atoms with Crippen LogP contribution >= 0.6 is 27.5 Å². The van der Waals surface area contributed by atoms with Crippen molar-refractivity contribution in [2.45, 2.75) is 6.92 Å². The fourth-order valence-electron chi connectivity index (χ4n) is 1.39. The van der Waals surface area contributed by atoms with Crippen molar-refractivity contribution in [1.29, 1.82) is 0 Å². The number of aromatic nitrogens is 1. The summed E-state index contributed by atoms with van der Waals surface area (Å²) in [6.45, 7) is 1.81. The summed E-state index contributed by atoms with van der Waals surface area (Å²) in [6, 6.07) is 3.09. The molecule has 0 unspecified atom stereocenters. The van der Waals surface area contributed by atoms with Crippen molar-refractivity contribution in [2.75, 3.05) is 0 Å². The Labute approximate surface area is 94.0 Å². The van der Waals surface area contributed by atoms with E-state index >= 15 is 0 Å². The quantitative estimate of drug-likeness (QED) is 0.705. The predicted molar refractivity (Wildman–Crippen MR) is 59.1 cm³/mol. The molecule has 0 aliphatic carbocycles. The number of halogens is 3. The second kappa shape index (κ2) is 3.48. The van der Waals surface area contributed by atoms with Gasteiger partial charge in [0.15, 0.2) is 0 Å². The fraction of sp³-hybridized carbons (Fsp3) is 0.100. The Morgan fingerprint density at radius 2 is 2.21 bits per heavy atom. The van der Waals surface area contributed by atoms with E-state index in [2.05, 4.69) is 20.9 Å². The van der Waals surface area contributed by atoms with Gasteiger partial charge >= 0.3 is 0 Å². The van der Waals surface area contributed by atoms with Gasteiger partial charge in [-0.15, -0.1) is 0 Å². The van der Waals surface area contributed by atoms with E-state index in [0.29, 0.717) is 14.9 Å². The normalized spacial score (nSPS) is 10.9. The minimum absolute atomic E-state index is 0.315. The van der Waals surface area contributed by atoms with Gasteiger partial charge in [-0.2, -0.15) is 0 Å². The minimum Gasteiger partial charge on any atom is -0.256 e. The molecule has 0 spiro atoms. The van der Waals surface area contributed by atoms with E-state index < -0.39 is 0 Å². The van der Waals surface area contributed by atoms with Crippen LogP contribution in [-0.4, -0.2) is 4.98 Å². The van der Waals surface area contributed by atoms with Crippen molar-refractivity contribution in [1.82, 2.24) is 4.98 Å². The molecule has 2 rings (SSSR count). The highest BCUT2D eigenvalue weighted by Gasteiger charge is 2.11. The smallest absolute Gasteiger partial charge is 0.138 e. The number of fused-ring (bicyclic) bond motifs is 1. The van der Waals surface area contributed by atoms with Gasteiger partial charge in [-0.05, 0) is 40.5 Å². The van der Waals surface area contributed by atoms with E-state index in [1.54, 1.807) is 19.2 Å². The Balaban J connectivity index is 3.03. The van der Waals surface area contributed by atoms with Gasteiger partial charge in [0.1, 0.15) is 5.82 Å². The van der Waals surface area contributed by atoms with Gasteiger partial charge in [0.2, 0.25) is 0 Å². The summed E-state index contributed by atoms with van der Waals surface area (Å²) in [5, 5.41) is 1.14. The van der Waals surface area contributed by atoms with Gasteiger partial charge in [-0.25, -0.2) is 4.39 Å². The van der Waals surface area contributed by atoms with Crippen LogP contribution < -0.4 is 0 Å². The molecule has 0 aliphatic heterocycles. The first-order chi connectivity index (χ1) is 6.61. The maximum atomic E-state index is 13.4. The lowest BCUT2D eigenvalue weighted by atomic mass is 10.1. The molecule has 4 heteroatoms. The second-order valence-electron chi connectivity index (χ2n) is 3.01. The average molecular weight is 275 g/mol. The largest absolute Gasteiger partial charge is 0.256 e. The molecule has 1 nitrogen and oxygen atoms in total. The maximum absolute atomic E-state index is 13.4. The third-order valence-electron chi connectivity index (χ3n) is 2.05. The van der Waals surface area contributed by atoms with Crippen LogP contribution in [0.2, 0.25) is 5.02 Å². The molecule has 1 aromatic carbocycles. The Hall–Kier alpha value is -0.670. The van der Waals surface area contributed by atoms with E-state index in [0.717, 1.165) is 11.1 Å². The van der Waals surface area contributed by atoms with Crippen molar-refractivity contribution >= 4 is 38.4 Å². The van der Waals surface area contributed by atoms with Crippen LogP contribution in [0.5, 0.6) is 0 Å². The van der Waals surface area contributed by atoms with Crippen molar-refractivity contribution in [3.8, 4) is 0 Å². The van der Waals surface area contributed by atoms with Crippen LogP contribution in [0.25, 0.3) is 10.9 Å². The lowest BCUT2D eigenvalue weighted by Crippen LogP contribution is -1.89. The van der Waals surface area contributed by atoms with Crippen LogP contribution in [0.1, 0.15) is 5.56 Å². The highest BCUT2D eigenvalue weighted by molar-refractivity contribution is 9.10. The molecule has 0 amide bonds. The van der Waals surface area contributed by atoms with Crippen LogP contribution in [0.3, 0.4) is 0 Å². The van der Waals surface area contributed by atoms with Gasteiger partial charge in [0, 0.05) is 11.6 Å². The molecule has 1 aromatic heterocycles. The molecule has 0 bridgehead atoms. The molecule has 72 valence electrons. The summed E-state index contributed by atoms with van der Waals surface area (Å²) in [5.41, 5.74) is 1.51. The number of rotatable bonds is 0. The second-order valence-corrected chi connectivity index (χ2v) is 4.21. The monoisotopic (exact) mass is 273 g/mol. The third-order valence-corrected chi connectivity index (χ3v) is 3.14. The van der Waals surface area contributed by atoms with E-state index in [-0.39, 0.29) is 5.82 Å². The first-order valence-electron chi connectivity index (χ1n) is 4.00. The zero-order valence-corrected chi connectivity index (χ0v) is 9.66. The SMILES string of the molecule is Cc1cc(F)c(Br)c2c(Cl)ccnc12. The first kappa shape index (κ1) is 9.87. The average Bonchev–Trinajstić information content (AvgIpc) is 2.14. The lowest BCUT2D eigenvalue weighted by molar-refractivity contribution is 0.622. The fourth-order valence-corrected chi connectivity index (χ4v) is 2.26. The predicted octanol–water partition coefficient (Wildman–Crippen LogP) is 4.10. The molecule has 14 heavy (non-hydrogen) atoms.